The lowest BCUT2D eigenvalue weighted by Gasteiger charge is -2.11. The van der Waals surface area contributed by atoms with Gasteiger partial charge in [0.25, 0.3) is 10.0 Å². The van der Waals surface area contributed by atoms with E-state index in [-0.39, 0.29) is 4.90 Å². The number of benzene rings is 4. The van der Waals surface area contributed by atoms with Crippen LogP contribution >= 0.6 is 0 Å². The highest BCUT2D eigenvalue weighted by atomic mass is 32.2. The van der Waals surface area contributed by atoms with Gasteiger partial charge in [0.15, 0.2) is 11.5 Å². The van der Waals surface area contributed by atoms with Gasteiger partial charge in [-0.2, -0.15) is 13.5 Å². The number of hydrogen-bond donors (Lipinski definition) is 1. The quantitative estimate of drug-likeness (QED) is 0.313. The van der Waals surface area contributed by atoms with Gasteiger partial charge >= 0.3 is 0 Å². The molecule has 0 fully saturated rings. The number of nitrogens with one attached hydrogen (secondary N) is 1. The Bertz CT molecular complexity index is 1350. The largest absolute Gasteiger partial charge is 0.493 e. The molecule has 162 valence electrons. The van der Waals surface area contributed by atoms with Crippen LogP contribution in [0.4, 0.5) is 0 Å². The van der Waals surface area contributed by atoms with Gasteiger partial charge in [0.05, 0.1) is 18.2 Å². The SMILES string of the molecule is COc1ccc(/C=N\NS(=O)(=O)c2ccc3ccccc3c2)cc1OCc1ccccc1. The second-order valence-electron chi connectivity index (χ2n) is 7.05. The van der Waals surface area contributed by atoms with Crippen molar-refractivity contribution >= 4 is 27.0 Å². The second kappa shape index (κ2) is 9.53. The van der Waals surface area contributed by atoms with Gasteiger partial charge in [0, 0.05) is 0 Å². The molecular weight excluding hydrogens is 424 g/mol. The van der Waals surface area contributed by atoms with Crippen molar-refractivity contribution in [3.8, 4) is 11.5 Å². The van der Waals surface area contributed by atoms with Crippen LogP contribution in [0.2, 0.25) is 0 Å². The Balaban J connectivity index is 1.48. The van der Waals surface area contributed by atoms with E-state index in [1.807, 2.05) is 54.6 Å². The second-order valence-corrected chi connectivity index (χ2v) is 8.71. The Kier molecular flexibility index (Phi) is 6.37. The summed E-state index contributed by atoms with van der Waals surface area (Å²) in [5.74, 6) is 1.12. The van der Waals surface area contributed by atoms with Crippen LogP contribution in [0.1, 0.15) is 11.1 Å². The number of methoxy groups -OCH3 is 1. The molecule has 0 heterocycles. The smallest absolute Gasteiger partial charge is 0.276 e. The standard InChI is InChI=1S/C25H22N2O4S/c1-30-24-14-11-20(15-25(24)31-18-19-7-3-2-4-8-19)17-26-27-32(28,29)23-13-12-21-9-5-6-10-22(21)16-23/h2-17,27H,18H2,1H3/b26-17-. The Morgan fingerprint density at radius 2 is 1.59 bits per heavy atom. The molecule has 0 spiro atoms. The topological polar surface area (TPSA) is 77.0 Å². The monoisotopic (exact) mass is 446 g/mol. The van der Waals surface area contributed by atoms with Crippen molar-refractivity contribution in [2.24, 2.45) is 5.10 Å². The fraction of sp³-hybridized carbons (Fsp3) is 0.0800. The number of ether oxygens (including phenoxy) is 2. The number of nitrogens with zero attached hydrogens (tertiary/aromatic N) is 1. The maximum absolute atomic E-state index is 12.6. The third kappa shape index (κ3) is 5.07. The van der Waals surface area contributed by atoms with E-state index in [1.54, 1.807) is 43.5 Å². The summed E-state index contributed by atoms with van der Waals surface area (Å²) in [6.45, 7) is 0.381. The fourth-order valence-corrected chi connectivity index (χ4v) is 4.01. The fourth-order valence-electron chi connectivity index (χ4n) is 3.18. The first-order valence-corrected chi connectivity index (χ1v) is 11.4. The van der Waals surface area contributed by atoms with Crippen molar-refractivity contribution in [2.45, 2.75) is 11.5 Å². The molecule has 4 rings (SSSR count). The molecule has 0 aliphatic heterocycles. The maximum atomic E-state index is 12.6. The summed E-state index contributed by atoms with van der Waals surface area (Å²) in [5.41, 5.74) is 1.69. The lowest BCUT2D eigenvalue weighted by Crippen LogP contribution is -2.18. The Hall–Kier alpha value is -3.84. The number of fused-ring (bicyclic) bond motifs is 1. The summed E-state index contributed by atoms with van der Waals surface area (Å²) in [6, 6.07) is 27.6. The lowest BCUT2D eigenvalue weighted by atomic mass is 10.1. The number of rotatable bonds is 8. The Labute approximate surface area is 187 Å². The Morgan fingerprint density at radius 1 is 0.844 bits per heavy atom. The van der Waals surface area contributed by atoms with Gasteiger partial charge < -0.3 is 9.47 Å². The molecule has 0 amide bonds. The van der Waals surface area contributed by atoms with Gasteiger partial charge in [-0.1, -0.05) is 60.7 Å². The Morgan fingerprint density at radius 3 is 2.38 bits per heavy atom. The minimum Gasteiger partial charge on any atom is -0.493 e. The first-order chi connectivity index (χ1) is 15.5. The van der Waals surface area contributed by atoms with Gasteiger partial charge in [-0.05, 0) is 52.2 Å². The van der Waals surface area contributed by atoms with Crippen molar-refractivity contribution in [3.05, 3.63) is 102 Å². The van der Waals surface area contributed by atoms with Crippen LogP contribution in [0, 0.1) is 0 Å². The van der Waals surface area contributed by atoms with E-state index in [1.165, 1.54) is 6.21 Å². The normalized spacial score (nSPS) is 11.5. The van der Waals surface area contributed by atoms with E-state index in [9.17, 15) is 8.42 Å². The van der Waals surface area contributed by atoms with Gasteiger partial charge in [-0.3, -0.25) is 0 Å². The van der Waals surface area contributed by atoms with Crippen molar-refractivity contribution < 1.29 is 17.9 Å². The van der Waals surface area contributed by atoms with Crippen molar-refractivity contribution in [3.63, 3.8) is 0 Å². The van der Waals surface area contributed by atoms with Crippen molar-refractivity contribution in [1.29, 1.82) is 0 Å². The first kappa shape index (κ1) is 21.4. The zero-order valence-corrected chi connectivity index (χ0v) is 18.2. The zero-order valence-electron chi connectivity index (χ0n) is 17.4. The molecule has 0 bridgehead atoms. The molecule has 7 heteroatoms. The van der Waals surface area contributed by atoms with E-state index in [4.69, 9.17) is 9.47 Å². The summed E-state index contributed by atoms with van der Waals surface area (Å²) in [7, 11) is -2.23. The van der Waals surface area contributed by atoms with Crippen LogP contribution < -0.4 is 14.3 Å². The predicted molar refractivity (Wildman–Crippen MR) is 126 cm³/mol. The van der Waals surface area contributed by atoms with Crippen LogP contribution in [-0.2, 0) is 16.6 Å². The van der Waals surface area contributed by atoms with Crippen LogP contribution in [0.25, 0.3) is 10.8 Å². The van der Waals surface area contributed by atoms with Crippen LogP contribution in [-0.4, -0.2) is 21.7 Å². The van der Waals surface area contributed by atoms with Gasteiger partial charge in [0.1, 0.15) is 6.61 Å². The van der Waals surface area contributed by atoms with Crippen LogP contribution in [0.15, 0.2) is 101 Å². The molecule has 0 atom stereocenters. The molecule has 4 aromatic rings. The average molecular weight is 447 g/mol. The average Bonchev–Trinajstić information content (AvgIpc) is 2.83. The predicted octanol–water partition coefficient (Wildman–Crippen LogP) is 4.74. The third-order valence-corrected chi connectivity index (χ3v) is 6.06. The minimum absolute atomic E-state index is 0.148. The van der Waals surface area contributed by atoms with E-state index < -0.39 is 10.0 Å². The summed E-state index contributed by atoms with van der Waals surface area (Å²) in [4.78, 5) is 2.41. The van der Waals surface area contributed by atoms with Crippen molar-refractivity contribution in [1.82, 2.24) is 4.83 Å². The van der Waals surface area contributed by atoms with E-state index >= 15 is 0 Å². The summed E-state index contributed by atoms with van der Waals surface area (Å²) in [5, 5.41) is 5.74. The van der Waals surface area contributed by atoms with Gasteiger partial charge in [0.2, 0.25) is 0 Å². The summed E-state index contributed by atoms with van der Waals surface area (Å²) < 4.78 is 36.5. The van der Waals surface area contributed by atoms with Gasteiger partial charge in [-0.15, -0.1) is 0 Å². The summed E-state index contributed by atoms with van der Waals surface area (Å²) >= 11 is 0. The third-order valence-electron chi connectivity index (χ3n) is 4.84. The zero-order chi connectivity index (χ0) is 22.4. The molecule has 4 aromatic carbocycles. The molecule has 0 saturated carbocycles. The van der Waals surface area contributed by atoms with E-state index in [0.717, 1.165) is 16.3 Å². The molecule has 0 aliphatic carbocycles. The highest BCUT2D eigenvalue weighted by Gasteiger charge is 2.13. The van der Waals surface area contributed by atoms with Crippen LogP contribution in [0.3, 0.4) is 0 Å². The maximum Gasteiger partial charge on any atom is 0.276 e. The first-order valence-electron chi connectivity index (χ1n) is 9.93. The molecular formula is C25H22N2O4S. The highest BCUT2D eigenvalue weighted by molar-refractivity contribution is 7.89. The number of sulfonamides is 1. The molecule has 0 unspecified atom stereocenters. The van der Waals surface area contributed by atoms with Crippen molar-refractivity contribution in [2.75, 3.05) is 7.11 Å². The summed E-state index contributed by atoms with van der Waals surface area (Å²) in [6.07, 6.45) is 1.42. The molecule has 32 heavy (non-hydrogen) atoms. The molecule has 0 saturated heterocycles. The van der Waals surface area contributed by atoms with Gasteiger partial charge in [-0.25, -0.2) is 4.83 Å². The van der Waals surface area contributed by atoms with E-state index in [0.29, 0.717) is 23.7 Å². The number of hydrogen-bond acceptors (Lipinski definition) is 5. The molecule has 0 radical (unpaired) electrons. The molecule has 0 aliphatic rings. The number of hydrazone groups is 1. The molecule has 0 aromatic heterocycles. The molecule has 6 nitrogen and oxygen atoms in total. The lowest BCUT2D eigenvalue weighted by molar-refractivity contribution is 0.284. The molecule has 1 N–H and O–H groups in total. The highest BCUT2D eigenvalue weighted by Crippen LogP contribution is 2.28. The minimum atomic E-state index is -3.79. The van der Waals surface area contributed by atoms with Crippen LogP contribution in [0.5, 0.6) is 11.5 Å². The van der Waals surface area contributed by atoms with E-state index in [2.05, 4.69) is 9.93 Å².